The minimum Gasteiger partial charge on any atom is -0.338 e. The highest BCUT2D eigenvalue weighted by Crippen LogP contribution is 1.78. The number of nitrogens with one attached hydrogen (secondary N) is 2. The van der Waals surface area contributed by atoms with E-state index in [1.54, 1.807) is 0 Å². The third kappa shape index (κ3) is 2.79. The van der Waals surface area contributed by atoms with Gasteiger partial charge < -0.3 is 4.98 Å². The van der Waals surface area contributed by atoms with Crippen molar-refractivity contribution >= 4 is 18.5 Å². The molecule has 0 amide bonds. The first-order valence-corrected chi connectivity index (χ1v) is 3.92. The first kappa shape index (κ1) is 10.8. The zero-order valence-corrected chi connectivity index (χ0v) is 7.70. The average molecular weight is 186 g/mol. The molecule has 0 aliphatic carbocycles. The van der Waals surface area contributed by atoms with E-state index in [9.17, 15) is 9.59 Å². The number of H-pyrrole nitrogens is 2. The average Bonchev–Trinajstić information content (AvgIpc) is 2.08. The molecule has 1 heterocycles. The van der Waals surface area contributed by atoms with Gasteiger partial charge in [-0.1, -0.05) is 13.8 Å². The van der Waals surface area contributed by atoms with Crippen LogP contribution in [0, 0.1) is 4.77 Å². The second-order valence-corrected chi connectivity index (χ2v) is 2.05. The molecule has 0 fully saturated rings. The van der Waals surface area contributed by atoms with Gasteiger partial charge in [-0.3, -0.25) is 14.6 Å². The van der Waals surface area contributed by atoms with Crippen molar-refractivity contribution in [2.24, 2.45) is 0 Å². The van der Waals surface area contributed by atoms with E-state index in [-0.39, 0.29) is 10.3 Å². The van der Waals surface area contributed by atoms with Crippen molar-refractivity contribution in [3.63, 3.8) is 0 Å². The van der Waals surface area contributed by atoms with E-state index in [1.165, 1.54) is 6.20 Å². The maximum atomic E-state index is 10.7. The molecule has 0 saturated carbocycles. The van der Waals surface area contributed by atoms with Gasteiger partial charge in [0.15, 0.2) is 11.1 Å². The summed E-state index contributed by atoms with van der Waals surface area (Å²) < 4.78 is 0.218. The van der Waals surface area contributed by atoms with E-state index < -0.39 is 5.56 Å². The van der Waals surface area contributed by atoms with Gasteiger partial charge in [0.1, 0.15) is 0 Å². The van der Waals surface area contributed by atoms with Gasteiger partial charge in [0.05, 0.1) is 5.56 Å². The standard InChI is InChI=1S/C5H4N2O2S.C2H6/c8-2-3-1-6-5(10)7-4(3)9;1-2/h1-2H,(H2,6,7,9,10);1-2H3. The molecule has 0 aliphatic heterocycles. The van der Waals surface area contributed by atoms with E-state index in [0.717, 1.165) is 0 Å². The fraction of sp³-hybridized carbons (Fsp3) is 0.286. The number of hydrogen-bond donors (Lipinski definition) is 2. The number of aldehydes is 1. The van der Waals surface area contributed by atoms with Gasteiger partial charge in [-0.2, -0.15) is 0 Å². The highest BCUT2D eigenvalue weighted by Gasteiger charge is 1.93. The van der Waals surface area contributed by atoms with Crippen LogP contribution in [0.4, 0.5) is 0 Å². The number of hydrogen-bond acceptors (Lipinski definition) is 3. The highest BCUT2D eigenvalue weighted by molar-refractivity contribution is 7.71. The Bertz CT molecular complexity index is 353. The van der Waals surface area contributed by atoms with E-state index in [0.29, 0.717) is 6.29 Å². The Labute approximate surface area is 74.7 Å². The lowest BCUT2D eigenvalue weighted by molar-refractivity contribution is 0.112. The zero-order chi connectivity index (χ0) is 9.56. The van der Waals surface area contributed by atoms with Gasteiger partial charge >= 0.3 is 0 Å². The van der Waals surface area contributed by atoms with Crippen LogP contribution in [0.3, 0.4) is 0 Å². The Morgan fingerprint density at radius 2 is 2.08 bits per heavy atom. The van der Waals surface area contributed by atoms with Crippen LogP contribution in [0.2, 0.25) is 0 Å². The normalized spacial score (nSPS) is 8.17. The monoisotopic (exact) mass is 186 g/mol. The van der Waals surface area contributed by atoms with E-state index in [1.807, 2.05) is 13.8 Å². The first-order chi connectivity index (χ1) is 5.74. The van der Waals surface area contributed by atoms with Crippen molar-refractivity contribution < 1.29 is 4.79 Å². The van der Waals surface area contributed by atoms with Crippen LogP contribution in [0.5, 0.6) is 0 Å². The van der Waals surface area contributed by atoms with Crippen LogP contribution in [0.25, 0.3) is 0 Å². The third-order valence-corrected chi connectivity index (χ3v) is 1.19. The van der Waals surface area contributed by atoms with E-state index >= 15 is 0 Å². The van der Waals surface area contributed by atoms with Gasteiger partial charge in [0.2, 0.25) is 0 Å². The highest BCUT2D eigenvalue weighted by atomic mass is 32.1. The van der Waals surface area contributed by atoms with Crippen molar-refractivity contribution in [1.82, 2.24) is 9.97 Å². The molecule has 4 nitrogen and oxygen atoms in total. The number of aromatic nitrogens is 2. The van der Waals surface area contributed by atoms with Gasteiger partial charge in [-0.15, -0.1) is 0 Å². The second kappa shape index (κ2) is 5.42. The zero-order valence-electron chi connectivity index (χ0n) is 6.88. The van der Waals surface area contributed by atoms with Gasteiger partial charge in [0.25, 0.3) is 5.56 Å². The second-order valence-electron chi connectivity index (χ2n) is 1.65. The molecule has 2 N–H and O–H groups in total. The van der Waals surface area contributed by atoms with E-state index in [2.05, 4.69) is 22.2 Å². The summed E-state index contributed by atoms with van der Waals surface area (Å²) in [5.41, 5.74) is -0.410. The number of carbonyl (C=O) groups is 1. The molecule has 0 saturated heterocycles. The molecule has 0 bridgehead atoms. The van der Waals surface area contributed by atoms with Crippen molar-refractivity contribution in [1.29, 1.82) is 0 Å². The van der Waals surface area contributed by atoms with Crippen LogP contribution in [0.15, 0.2) is 11.0 Å². The minimum atomic E-state index is -0.459. The van der Waals surface area contributed by atoms with Crippen molar-refractivity contribution in [2.75, 3.05) is 0 Å². The lowest BCUT2D eigenvalue weighted by Crippen LogP contribution is -2.12. The number of carbonyl (C=O) groups excluding carboxylic acids is 1. The van der Waals surface area contributed by atoms with Crippen molar-refractivity contribution in [2.45, 2.75) is 13.8 Å². The van der Waals surface area contributed by atoms with Crippen LogP contribution < -0.4 is 5.56 Å². The maximum Gasteiger partial charge on any atom is 0.262 e. The van der Waals surface area contributed by atoms with Crippen molar-refractivity contribution in [3.8, 4) is 0 Å². The molecule has 12 heavy (non-hydrogen) atoms. The number of rotatable bonds is 1. The Morgan fingerprint density at radius 1 is 1.50 bits per heavy atom. The lowest BCUT2D eigenvalue weighted by Gasteiger charge is -1.85. The SMILES string of the molecule is CC.O=Cc1c[nH]c(=S)[nH]c1=O. The van der Waals surface area contributed by atoms with Crippen molar-refractivity contribution in [3.05, 3.63) is 26.9 Å². The predicted molar refractivity (Wildman–Crippen MR) is 49.0 cm³/mol. The lowest BCUT2D eigenvalue weighted by atomic mass is 10.4. The Balaban J connectivity index is 0.000000561. The molecule has 1 rings (SSSR count). The molecule has 0 radical (unpaired) electrons. The topological polar surface area (TPSA) is 65.7 Å². The quantitative estimate of drug-likeness (QED) is 0.512. The smallest absolute Gasteiger partial charge is 0.262 e. The summed E-state index contributed by atoms with van der Waals surface area (Å²) in [7, 11) is 0. The summed E-state index contributed by atoms with van der Waals surface area (Å²) in [6, 6.07) is 0. The molecule has 1 aromatic heterocycles. The van der Waals surface area contributed by atoms with Gasteiger partial charge in [-0.05, 0) is 12.2 Å². The first-order valence-electron chi connectivity index (χ1n) is 3.51. The minimum absolute atomic E-state index is 0.0496. The summed E-state index contributed by atoms with van der Waals surface area (Å²) in [6.45, 7) is 4.00. The molecule has 66 valence electrons. The fourth-order valence-corrected chi connectivity index (χ4v) is 0.659. The summed E-state index contributed by atoms with van der Waals surface area (Å²) in [6.07, 6.45) is 1.73. The molecule has 0 aromatic carbocycles. The molecule has 5 heteroatoms. The Kier molecular flexibility index (Phi) is 4.87. The summed E-state index contributed by atoms with van der Waals surface area (Å²) in [5.74, 6) is 0. The Morgan fingerprint density at radius 3 is 2.50 bits per heavy atom. The van der Waals surface area contributed by atoms with E-state index in [4.69, 9.17) is 0 Å². The number of aromatic amines is 2. The fourth-order valence-electron chi connectivity index (χ4n) is 0.508. The van der Waals surface area contributed by atoms with Crippen LogP contribution in [0.1, 0.15) is 24.2 Å². The van der Waals surface area contributed by atoms with Crippen LogP contribution in [-0.4, -0.2) is 16.3 Å². The predicted octanol–water partition coefficient (Wildman–Crippen LogP) is 1.27. The molecule has 0 unspecified atom stereocenters. The molecular weight excluding hydrogens is 176 g/mol. The molecular formula is C7H10N2O2S. The summed E-state index contributed by atoms with van der Waals surface area (Å²) in [4.78, 5) is 25.5. The van der Waals surface area contributed by atoms with Gasteiger partial charge in [0, 0.05) is 6.20 Å². The third-order valence-electron chi connectivity index (χ3n) is 0.975. The summed E-state index contributed by atoms with van der Waals surface area (Å²) >= 11 is 4.58. The molecule has 1 aromatic rings. The Hall–Kier alpha value is -1.23. The van der Waals surface area contributed by atoms with Gasteiger partial charge in [-0.25, -0.2) is 0 Å². The van der Waals surface area contributed by atoms with Crippen LogP contribution >= 0.6 is 12.2 Å². The summed E-state index contributed by atoms with van der Waals surface area (Å²) in [5, 5.41) is 0. The molecule has 0 spiro atoms. The largest absolute Gasteiger partial charge is 0.338 e. The molecule has 0 aliphatic rings. The maximum absolute atomic E-state index is 10.7. The van der Waals surface area contributed by atoms with Crippen LogP contribution in [-0.2, 0) is 0 Å². The molecule has 0 atom stereocenters.